The summed E-state index contributed by atoms with van der Waals surface area (Å²) in [5.41, 5.74) is 0. The van der Waals surface area contributed by atoms with E-state index in [1.807, 2.05) is 0 Å². The summed E-state index contributed by atoms with van der Waals surface area (Å²) >= 11 is 0. The summed E-state index contributed by atoms with van der Waals surface area (Å²) in [6.07, 6.45) is 17.9. The minimum Gasteiger partial charge on any atom is -1.00 e. The maximum Gasteiger partial charge on any atom is 0.0594 e. The highest BCUT2D eigenvalue weighted by Gasteiger charge is 2.34. The molecule has 0 aromatic carbocycles. The van der Waals surface area contributed by atoms with Crippen molar-refractivity contribution < 1.29 is 17.1 Å². The van der Waals surface area contributed by atoms with E-state index in [9.17, 15) is 0 Å². The largest absolute Gasteiger partial charge is 1.00 e. The Labute approximate surface area is 128 Å². The molecular weight excluding hydrogens is 278 g/mol. The Kier molecular flexibility index (Phi) is 21.7. The molecule has 120 valence electrons. The van der Waals surface area contributed by atoms with Crippen molar-refractivity contribution in [1.82, 2.24) is 0 Å². The average Bonchev–Trinajstić information content (AvgIpc) is 2.37. The smallest absolute Gasteiger partial charge is 0.0594 e. The lowest BCUT2D eigenvalue weighted by molar-refractivity contribution is -0.00000492. The number of hydrogen-bond donors (Lipinski definition) is 0. The van der Waals surface area contributed by atoms with Crippen LogP contribution < -0.4 is 12.4 Å². The Morgan fingerprint density at radius 1 is 0.526 bits per heavy atom. The van der Waals surface area contributed by atoms with Crippen molar-refractivity contribution in [3.63, 3.8) is 0 Å². The monoisotopic (exact) mass is 314 g/mol. The zero-order chi connectivity index (χ0) is 13.0. The Balaban J connectivity index is -0.00000128. The van der Waals surface area contributed by atoms with Gasteiger partial charge in [-0.1, -0.05) is 53.4 Å². The predicted octanol–water partition coefficient (Wildman–Crippen LogP) is 3.36. The molecule has 0 bridgehead atoms. The van der Waals surface area contributed by atoms with Crippen LogP contribution in [0.4, 0.5) is 4.70 Å². The first-order chi connectivity index (χ1) is 8.24. The zero-order valence-electron chi connectivity index (χ0n) is 13.7. The van der Waals surface area contributed by atoms with Crippen molar-refractivity contribution >= 4 is 7.26 Å². The van der Waals surface area contributed by atoms with Gasteiger partial charge < -0.3 is 12.4 Å². The van der Waals surface area contributed by atoms with Gasteiger partial charge in [0.05, 0.1) is 24.6 Å². The number of halogens is 2. The van der Waals surface area contributed by atoms with Crippen LogP contribution in [0.5, 0.6) is 0 Å². The number of rotatable bonds is 12. The van der Waals surface area contributed by atoms with E-state index in [1.54, 1.807) is 24.6 Å². The normalized spacial score (nSPS) is 10.7. The highest BCUT2D eigenvalue weighted by Crippen LogP contribution is 2.61. The van der Waals surface area contributed by atoms with E-state index >= 15 is 0 Å². The number of unbranched alkanes of at least 4 members (excludes halogenated alkanes) is 4. The summed E-state index contributed by atoms with van der Waals surface area (Å²) in [6.45, 7) is 9.42. The van der Waals surface area contributed by atoms with Gasteiger partial charge in [-0.3, -0.25) is 4.70 Å². The van der Waals surface area contributed by atoms with Gasteiger partial charge in [-0.05, 0) is 25.7 Å². The van der Waals surface area contributed by atoms with E-state index in [4.69, 9.17) is 0 Å². The highest BCUT2D eigenvalue weighted by molar-refractivity contribution is 7.75. The van der Waals surface area contributed by atoms with Gasteiger partial charge in [0, 0.05) is 7.26 Å². The second-order valence-corrected chi connectivity index (χ2v) is 10.1. The molecule has 0 saturated carbocycles. The van der Waals surface area contributed by atoms with E-state index < -0.39 is 7.26 Å². The molecule has 0 N–H and O–H groups in total. The molecule has 0 atom stereocenters. The maximum absolute atomic E-state index is 2.36. The highest BCUT2D eigenvalue weighted by atomic mass is 35.5. The summed E-state index contributed by atoms with van der Waals surface area (Å²) in [5.74, 6) is 0. The van der Waals surface area contributed by atoms with Crippen LogP contribution >= 0.6 is 7.26 Å². The molecule has 19 heavy (non-hydrogen) atoms. The molecule has 0 fully saturated rings. The molecule has 0 aromatic rings. The molecule has 0 heterocycles. The Morgan fingerprint density at radius 2 is 0.737 bits per heavy atom. The predicted molar refractivity (Wildman–Crippen MR) is 88.5 cm³/mol. The fourth-order valence-electron chi connectivity index (χ4n) is 2.64. The average molecular weight is 315 g/mol. The van der Waals surface area contributed by atoms with E-state index in [0.717, 1.165) is 0 Å². The van der Waals surface area contributed by atoms with Gasteiger partial charge in [-0.2, -0.15) is 0 Å². The lowest BCUT2D eigenvalue weighted by Crippen LogP contribution is -3.00. The molecule has 0 rings (SSSR count). The van der Waals surface area contributed by atoms with Crippen LogP contribution in [0.3, 0.4) is 0 Å². The third-order valence-corrected chi connectivity index (χ3v) is 9.00. The van der Waals surface area contributed by atoms with Crippen molar-refractivity contribution in [3.8, 4) is 0 Å². The van der Waals surface area contributed by atoms with E-state index in [0.29, 0.717) is 0 Å². The molecule has 0 radical (unpaired) electrons. The van der Waals surface area contributed by atoms with E-state index in [2.05, 4.69) is 27.7 Å². The van der Waals surface area contributed by atoms with Crippen LogP contribution in [0.1, 0.15) is 79.1 Å². The van der Waals surface area contributed by atoms with E-state index in [-0.39, 0.29) is 17.1 Å². The molecule has 0 amide bonds. The summed E-state index contributed by atoms with van der Waals surface area (Å²) in [6, 6.07) is 0. The third kappa shape index (κ3) is 12.1. The summed E-state index contributed by atoms with van der Waals surface area (Å²) in [4.78, 5) is 0. The SMILES string of the molecule is CCCC[P+](CCCC)(CCCC)CCCC.F.[Cl-]. The number of hydrogen-bond acceptors (Lipinski definition) is 0. The topological polar surface area (TPSA) is 0 Å². The molecule has 0 unspecified atom stereocenters. The first kappa shape index (κ1) is 24.7. The molecule has 0 aliphatic heterocycles. The first-order valence-corrected chi connectivity index (χ1v) is 10.6. The van der Waals surface area contributed by atoms with Gasteiger partial charge in [0.2, 0.25) is 0 Å². The fourth-order valence-corrected chi connectivity index (χ4v) is 7.93. The zero-order valence-corrected chi connectivity index (χ0v) is 15.4. The van der Waals surface area contributed by atoms with Crippen LogP contribution in [0.25, 0.3) is 0 Å². The quantitative estimate of drug-likeness (QED) is 0.485. The molecule has 0 aromatic heterocycles. The van der Waals surface area contributed by atoms with Crippen LogP contribution in [0, 0.1) is 0 Å². The second kappa shape index (κ2) is 16.7. The van der Waals surface area contributed by atoms with Crippen LogP contribution in [-0.2, 0) is 0 Å². The van der Waals surface area contributed by atoms with Gasteiger partial charge in [0.1, 0.15) is 0 Å². The van der Waals surface area contributed by atoms with Crippen molar-refractivity contribution in [3.05, 3.63) is 0 Å². The standard InChI is InChI=1S/C16H36P.ClH.FH/c1-5-9-13-17(14-10-6-2,15-11-7-3)16-12-8-4;;/h5-16H2,1-4H3;2*1H/q+1;;/p-1. The lowest BCUT2D eigenvalue weighted by Gasteiger charge is -2.28. The van der Waals surface area contributed by atoms with Crippen molar-refractivity contribution in [1.29, 1.82) is 0 Å². The summed E-state index contributed by atoms with van der Waals surface area (Å²) in [7, 11) is -0.562. The molecule has 0 nitrogen and oxygen atoms in total. The molecule has 0 spiro atoms. The Bertz CT molecular complexity index is 127. The molecule has 0 aliphatic rings. The Hall–Kier alpha value is 0.650. The molecule has 0 aliphatic carbocycles. The first-order valence-electron chi connectivity index (χ1n) is 8.09. The fraction of sp³-hybridized carbons (Fsp3) is 1.00. The van der Waals surface area contributed by atoms with Gasteiger partial charge in [-0.25, -0.2) is 0 Å². The molecule has 0 saturated heterocycles. The van der Waals surface area contributed by atoms with Crippen LogP contribution in [0.2, 0.25) is 0 Å². The van der Waals surface area contributed by atoms with Crippen molar-refractivity contribution in [2.45, 2.75) is 79.1 Å². The molecular formula is C16H37ClFP. The van der Waals surface area contributed by atoms with Gasteiger partial charge in [-0.15, -0.1) is 0 Å². The van der Waals surface area contributed by atoms with Crippen LogP contribution in [0.15, 0.2) is 0 Å². The van der Waals surface area contributed by atoms with Gasteiger partial charge in [0.15, 0.2) is 0 Å². The second-order valence-electron chi connectivity index (χ2n) is 5.65. The minimum atomic E-state index is -0.562. The van der Waals surface area contributed by atoms with Gasteiger partial charge >= 0.3 is 0 Å². The van der Waals surface area contributed by atoms with E-state index in [1.165, 1.54) is 51.4 Å². The third-order valence-electron chi connectivity index (χ3n) is 3.94. The lowest BCUT2D eigenvalue weighted by atomic mass is 10.4. The van der Waals surface area contributed by atoms with Crippen molar-refractivity contribution in [2.24, 2.45) is 0 Å². The van der Waals surface area contributed by atoms with Crippen LogP contribution in [-0.4, -0.2) is 24.6 Å². The van der Waals surface area contributed by atoms with Crippen molar-refractivity contribution in [2.75, 3.05) is 24.6 Å². The maximum atomic E-state index is 2.36. The molecule has 3 heteroatoms. The minimum absolute atomic E-state index is 0. The summed E-state index contributed by atoms with van der Waals surface area (Å²) in [5, 5.41) is 0. The van der Waals surface area contributed by atoms with Gasteiger partial charge in [0.25, 0.3) is 0 Å². The Morgan fingerprint density at radius 3 is 0.895 bits per heavy atom. The summed E-state index contributed by atoms with van der Waals surface area (Å²) < 4.78 is 0.